The van der Waals surface area contributed by atoms with Crippen LogP contribution in [0.2, 0.25) is 0 Å². The molecule has 1 atom stereocenters. The van der Waals surface area contributed by atoms with Gasteiger partial charge in [0.25, 0.3) is 0 Å². The van der Waals surface area contributed by atoms with Crippen LogP contribution < -0.4 is 15.7 Å². The van der Waals surface area contributed by atoms with Gasteiger partial charge in [-0.2, -0.15) is 0 Å². The van der Waals surface area contributed by atoms with Crippen LogP contribution in [-0.2, 0) is 4.74 Å². The van der Waals surface area contributed by atoms with Gasteiger partial charge in [-0.15, -0.1) is 0 Å². The van der Waals surface area contributed by atoms with E-state index in [0.717, 1.165) is 58.8 Å². The van der Waals surface area contributed by atoms with Gasteiger partial charge in [0.15, 0.2) is 0 Å². The van der Waals surface area contributed by atoms with E-state index in [4.69, 9.17) is 4.74 Å². The van der Waals surface area contributed by atoms with E-state index >= 15 is 0 Å². The van der Waals surface area contributed by atoms with E-state index in [-0.39, 0.29) is 0 Å². The predicted molar refractivity (Wildman–Crippen MR) is 90.5 cm³/mol. The normalized spacial score (nSPS) is 24.2. The molecular formula is C16H26BN3O. The summed E-state index contributed by atoms with van der Waals surface area (Å²) in [5, 5.41) is 3.40. The van der Waals surface area contributed by atoms with Gasteiger partial charge >= 0.3 is 0 Å². The summed E-state index contributed by atoms with van der Waals surface area (Å²) in [6, 6.07) is 8.89. The van der Waals surface area contributed by atoms with E-state index in [2.05, 4.69) is 47.2 Å². The predicted octanol–water partition coefficient (Wildman–Crippen LogP) is -0.554. The average Bonchev–Trinajstić information content (AvgIpc) is 2.55. The number of anilines is 1. The molecule has 1 unspecified atom stereocenters. The number of rotatable bonds is 4. The molecule has 2 aliphatic heterocycles. The number of nitrogens with zero attached hydrogens (tertiary/aromatic N) is 2. The molecular weight excluding hydrogens is 261 g/mol. The lowest BCUT2D eigenvalue weighted by atomic mass is 9.96. The standard InChI is InChI=1S/C16H26BN3O/c17-14-1-3-15(4-2-14)20-10-8-19(9-11-20)7-5-16-13-18-6-12-21-16/h1-4,16,18H,5-13,17H2. The third-order valence-corrected chi connectivity index (χ3v) is 4.54. The Bertz CT molecular complexity index is 426. The number of nitrogens with one attached hydrogen (secondary N) is 1. The molecule has 4 nitrogen and oxygen atoms in total. The monoisotopic (exact) mass is 287 g/mol. The molecule has 0 bridgehead atoms. The Hall–Kier alpha value is -1.04. The smallest absolute Gasteiger partial charge is 0.139 e. The summed E-state index contributed by atoms with van der Waals surface area (Å²) >= 11 is 0. The minimum absolute atomic E-state index is 0.411. The SMILES string of the molecule is Bc1ccc(N2CCN(CCC3CNCCO3)CC2)cc1. The first-order valence-corrected chi connectivity index (χ1v) is 8.17. The number of benzene rings is 1. The Morgan fingerprint density at radius 2 is 1.90 bits per heavy atom. The minimum Gasteiger partial charge on any atom is -0.376 e. The van der Waals surface area contributed by atoms with Crippen molar-refractivity contribution in [2.45, 2.75) is 12.5 Å². The van der Waals surface area contributed by atoms with Crippen LogP contribution in [-0.4, -0.2) is 71.3 Å². The first-order chi connectivity index (χ1) is 10.3. The van der Waals surface area contributed by atoms with E-state index in [1.807, 2.05) is 0 Å². The van der Waals surface area contributed by atoms with Crippen LogP contribution in [0.1, 0.15) is 6.42 Å². The molecule has 21 heavy (non-hydrogen) atoms. The molecule has 0 amide bonds. The summed E-state index contributed by atoms with van der Waals surface area (Å²) < 4.78 is 5.77. The lowest BCUT2D eigenvalue weighted by Crippen LogP contribution is -2.48. The van der Waals surface area contributed by atoms with Gasteiger partial charge < -0.3 is 15.0 Å². The molecule has 0 saturated carbocycles. The van der Waals surface area contributed by atoms with Crippen LogP contribution in [0.5, 0.6) is 0 Å². The van der Waals surface area contributed by atoms with Crippen LogP contribution in [0.3, 0.4) is 0 Å². The summed E-state index contributed by atoms with van der Waals surface area (Å²) in [5.74, 6) is 0. The van der Waals surface area contributed by atoms with Gasteiger partial charge in [0.1, 0.15) is 7.85 Å². The highest BCUT2D eigenvalue weighted by Gasteiger charge is 2.19. The highest BCUT2D eigenvalue weighted by molar-refractivity contribution is 6.32. The molecule has 1 aromatic rings. The molecule has 2 heterocycles. The molecule has 3 rings (SSSR count). The van der Waals surface area contributed by atoms with Crippen molar-refractivity contribution in [3.8, 4) is 0 Å². The average molecular weight is 287 g/mol. The second-order valence-electron chi connectivity index (χ2n) is 6.15. The van der Waals surface area contributed by atoms with Crippen LogP contribution in [0.15, 0.2) is 24.3 Å². The summed E-state index contributed by atoms with van der Waals surface area (Å²) in [6.45, 7) is 8.64. The number of morpholine rings is 1. The summed E-state index contributed by atoms with van der Waals surface area (Å²) in [4.78, 5) is 5.07. The fraction of sp³-hybridized carbons (Fsp3) is 0.625. The Morgan fingerprint density at radius 1 is 1.14 bits per heavy atom. The molecule has 0 spiro atoms. The number of hydrogen-bond acceptors (Lipinski definition) is 4. The van der Waals surface area contributed by atoms with Crippen molar-refractivity contribution >= 4 is 19.0 Å². The molecule has 114 valence electrons. The Kier molecular flexibility index (Phi) is 5.17. The van der Waals surface area contributed by atoms with Gasteiger partial charge in [-0.05, 0) is 18.6 Å². The van der Waals surface area contributed by atoms with E-state index in [1.54, 1.807) is 0 Å². The summed E-state index contributed by atoms with van der Waals surface area (Å²) in [5.41, 5.74) is 2.69. The molecule has 1 N–H and O–H groups in total. The van der Waals surface area contributed by atoms with E-state index in [9.17, 15) is 0 Å². The molecule has 1 aromatic carbocycles. The summed E-state index contributed by atoms with van der Waals surface area (Å²) in [6.07, 6.45) is 1.56. The highest BCUT2D eigenvalue weighted by atomic mass is 16.5. The zero-order valence-electron chi connectivity index (χ0n) is 13.1. The van der Waals surface area contributed by atoms with Gasteiger partial charge in [-0.1, -0.05) is 17.6 Å². The van der Waals surface area contributed by atoms with Crippen molar-refractivity contribution in [3.05, 3.63) is 24.3 Å². The highest BCUT2D eigenvalue weighted by Crippen LogP contribution is 2.15. The second-order valence-corrected chi connectivity index (χ2v) is 6.15. The van der Waals surface area contributed by atoms with E-state index < -0.39 is 0 Å². The fourth-order valence-electron chi connectivity index (χ4n) is 3.12. The Labute approximate surface area is 128 Å². The zero-order chi connectivity index (χ0) is 14.5. The molecule has 0 aliphatic carbocycles. The fourth-order valence-corrected chi connectivity index (χ4v) is 3.12. The first kappa shape index (κ1) is 14.9. The number of ether oxygens (including phenoxy) is 1. The van der Waals surface area contributed by atoms with Gasteiger partial charge in [-0.3, -0.25) is 4.90 Å². The van der Waals surface area contributed by atoms with Crippen molar-refractivity contribution in [3.63, 3.8) is 0 Å². The minimum atomic E-state index is 0.411. The molecule has 2 aliphatic rings. The number of piperazine rings is 1. The van der Waals surface area contributed by atoms with E-state index in [1.165, 1.54) is 11.2 Å². The van der Waals surface area contributed by atoms with Gasteiger partial charge in [0.2, 0.25) is 0 Å². The van der Waals surface area contributed by atoms with Crippen LogP contribution in [0.4, 0.5) is 5.69 Å². The molecule has 0 radical (unpaired) electrons. The van der Waals surface area contributed by atoms with Gasteiger partial charge in [0.05, 0.1) is 12.7 Å². The Morgan fingerprint density at radius 3 is 2.57 bits per heavy atom. The third-order valence-electron chi connectivity index (χ3n) is 4.54. The van der Waals surface area contributed by atoms with Crippen molar-refractivity contribution in [1.82, 2.24) is 10.2 Å². The number of hydrogen-bond donors (Lipinski definition) is 1. The largest absolute Gasteiger partial charge is 0.376 e. The van der Waals surface area contributed by atoms with Crippen molar-refractivity contribution in [2.24, 2.45) is 0 Å². The maximum absolute atomic E-state index is 5.77. The maximum atomic E-state index is 5.77. The quantitative estimate of drug-likeness (QED) is 0.752. The zero-order valence-corrected chi connectivity index (χ0v) is 13.1. The first-order valence-electron chi connectivity index (χ1n) is 8.17. The van der Waals surface area contributed by atoms with Crippen molar-refractivity contribution in [1.29, 1.82) is 0 Å². The summed E-state index contributed by atoms with van der Waals surface area (Å²) in [7, 11) is 2.14. The topological polar surface area (TPSA) is 27.7 Å². The van der Waals surface area contributed by atoms with Gasteiger partial charge in [-0.25, -0.2) is 0 Å². The lowest BCUT2D eigenvalue weighted by Gasteiger charge is -2.37. The maximum Gasteiger partial charge on any atom is 0.139 e. The van der Waals surface area contributed by atoms with Gasteiger partial charge in [0, 0.05) is 51.5 Å². The molecule has 2 fully saturated rings. The molecule has 2 saturated heterocycles. The lowest BCUT2D eigenvalue weighted by molar-refractivity contribution is 0.0171. The van der Waals surface area contributed by atoms with Crippen LogP contribution in [0, 0.1) is 0 Å². The van der Waals surface area contributed by atoms with Crippen LogP contribution in [0.25, 0.3) is 0 Å². The van der Waals surface area contributed by atoms with Crippen molar-refractivity contribution < 1.29 is 4.74 Å². The third kappa shape index (κ3) is 4.22. The second kappa shape index (κ2) is 7.30. The van der Waals surface area contributed by atoms with Crippen LogP contribution >= 0.6 is 0 Å². The molecule has 0 aromatic heterocycles. The van der Waals surface area contributed by atoms with Crippen molar-refractivity contribution in [2.75, 3.05) is 57.3 Å². The van der Waals surface area contributed by atoms with E-state index in [0.29, 0.717) is 6.10 Å². The Balaban J connectivity index is 1.41. The molecule has 5 heteroatoms.